The van der Waals surface area contributed by atoms with Crippen molar-refractivity contribution >= 4 is 21.4 Å². The molecule has 12 heteroatoms. The summed E-state index contributed by atoms with van der Waals surface area (Å²) >= 11 is 0. The van der Waals surface area contributed by atoms with Gasteiger partial charge in [-0.1, -0.05) is 56.3 Å². The molecule has 0 saturated heterocycles. The van der Waals surface area contributed by atoms with E-state index in [1.165, 1.54) is 11.0 Å². The van der Waals surface area contributed by atoms with E-state index in [-0.39, 0.29) is 41.0 Å². The number of aliphatic hydroxyl groups excluding tert-OH is 1. The van der Waals surface area contributed by atoms with Gasteiger partial charge in [0.05, 0.1) is 46.8 Å². The molecule has 0 bridgehead atoms. The van der Waals surface area contributed by atoms with Crippen LogP contribution in [0.3, 0.4) is 0 Å². The molecule has 208 valence electrons. The highest BCUT2D eigenvalue weighted by Crippen LogP contribution is 2.37. The minimum atomic E-state index is -4.10. The molecule has 0 radical (unpaired) electrons. The van der Waals surface area contributed by atoms with Crippen LogP contribution in [0.2, 0.25) is 0 Å². The summed E-state index contributed by atoms with van der Waals surface area (Å²) < 4.78 is 46.9. The van der Waals surface area contributed by atoms with Gasteiger partial charge in [0.25, 0.3) is 0 Å². The van der Waals surface area contributed by atoms with Gasteiger partial charge in [-0.15, -0.1) is 0 Å². The predicted molar refractivity (Wildman–Crippen MR) is 145 cm³/mol. The number of benzene rings is 2. The lowest BCUT2D eigenvalue weighted by molar-refractivity contribution is -0.119. The van der Waals surface area contributed by atoms with Gasteiger partial charge in [-0.3, -0.25) is 9.78 Å². The van der Waals surface area contributed by atoms with Gasteiger partial charge in [0.15, 0.2) is 9.84 Å². The van der Waals surface area contributed by atoms with Crippen molar-refractivity contribution in [2.75, 3.05) is 10.7 Å². The first kappa shape index (κ1) is 27.6. The van der Waals surface area contributed by atoms with Crippen molar-refractivity contribution in [1.82, 2.24) is 15.1 Å². The van der Waals surface area contributed by atoms with E-state index in [0.29, 0.717) is 11.3 Å². The number of aromatic nitrogens is 3. The fourth-order valence-electron chi connectivity index (χ4n) is 4.34. The number of pyridine rings is 1. The zero-order valence-electron chi connectivity index (χ0n) is 22.1. The molecule has 5 rings (SSSR count). The molecule has 0 unspecified atom stereocenters. The smallest absolute Gasteiger partial charge is 0.245 e. The topological polar surface area (TPSA) is 153 Å². The Morgan fingerprint density at radius 1 is 1.12 bits per heavy atom. The molecule has 0 aliphatic carbocycles. The van der Waals surface area contributed by atoms with Crippen LogP contribution in [0.4, 0.5) is 10.1 Å². The maximum atomic E-state index is 15.3. The van der Waals surface area contributed by atoms with Gasteiger partial charge in [-0.2, -0.15) is 4.98 Å². The second-order valence-electron chi connectivity index (χ2n) is 10.7. The van der Waals surface area contributed by atoms with E-state index in [2.05, 4.69) is 15.1 Å². The molecular formula is C28H28FN5O5S. The molecular weight excluding hydrogens is 537 g/mol. The second-order valence-corrected chi connectivity index (χ2v) is 12.7. The molecule has 2 aromatic carbocycles. The lowest BCUT2D eigenvalue weighted by atomic mass is 9.97. The standard InChI is InChI=1S/C28H28FN5O5S/c1-28(2,3)27-32-25(33-39-27)19-10-23-24(11-20(19)29)40(37,38)15-21(30)26(36)34(23)13-17-6-9-22(31-12-17)18-7-4-16(14-35)5-8-18/h4-12,21,35H,13-15,30H2,1-3H3/t21-/m0/s1. The normalized spacial score (nSPS) is 17.0. The molecule has 0 spiro atoms. The number of sulfone groups is 1. The summed E-state index contributed by atoms with van der Waals surface area (Å²) in [4.78, 5) is 23.0. The summed E-state index contributed by atoms with van der Waals surface area (Å²) in [5.41, 5.74) is 8.25. The average Bonchev–Trinajstić information content (AvgIpc) is 3.40. The van der Waals surface area contributed by atoms with Crippen molar-refractivity contribution in [1.29, 1.82) is 0 Å². The fourth-order valence-corrected chi connectivity index (χ4v) is 5.91. The van der Waals surface area contributed by atoms with E-state index in [4.69, 9.17) is 10.3 Å². The molecule has 1 atom stereocenters. The Balaban J connectivity index is 1.55. The lowest BCUT2D eigenvalue weighted by Gasteiger charge is -2.24. The highest BCUT2D eigenvalue weighted by molar-refractivity contribution is 7.91. The number of amides is 1. The quantitative estimate of drug-likeness (QED) is 0.371. The number of nitrogens with zero attached hydrogens (tertiary/aromatic N) is 4. The summed E-state index contributed by atoms with van der Waals surface area (Å²) in [6.07, 6.45) is 1.58. The largest absolute Gasteiger partial charge is 0.392 e. The molecule has 1 aliphatic rings. The number of rotatable bonds is 5. The van der Waals surface area contributed by atoms with Crippen molar-refractivity contribution in [3.05, 3.63) is 77.6 Å². The Morgan fingerprint density at radius 2 is 1.82 bits per heavy atom. The van der Waals surface area contributed by atoms with Gasteiger partial charge in [0, 0.05) is 17.2 Å². The Kier molecular flexibility index (Phi) is 7.02. The molecule has 10 nitrogen and oxygen atoms in total. The average molecular weight is 566 g/mol. The summed E-state index contributed by atoms with van der Waals surface area (Å²) in [6, 6.07) is 11.6. The van der Waals surface area contributed by atoms with Crippen molar-refractivity contribution < 1.29 is 27.2 Å². The maximum Gasteiger partial charge on any atom is 0.245 e. The van der Waals surface area contributed by atoms with Crippen LogP contribution in [0.5, 0.6) is 0 Å². The fraction of sp³-hybridized carbons (Fsp3) is 0.286. The monoisotopic (exact) mass is 565 g/mol. The number of aliphatic hydroxyl groups is 1. The number of carbonyl (C=O) groups is 1. The Labute approximate surface area is 230 Å². The van der Waals surface area contributed by atoms with Gasteiger partial charge in [-0.25, -0.2) is 12.8 Å². The predicted octanol–water partition coefficient (Wildman–Crippen LogP) is 3.38. The van der Waals surface area contributed by atoms with Crippen LogP contribution in [-0.2, 0) is 33.2 Å². The van der Waals surface area contributed by atoms with Crippen LogP contribution < -0.4 is 10.6 Å². The van der Waals surface area contributed by atoms with E-state index < -0.39 is 38.8 Å². The maximum absolute atomic E-state index is 15.3. The number of hydrogen-bond acceptors (Lipinski definition) is 9. The van der Waals surface area contributed by atoms with E-state index in [9.17, 15) is 18.3 Å². The SMILES string of the molecule is CC(C)(C)c1nc(-c2cc3c(cc2F)S(=O)(=O)C[C@H](N)C(=O)N3Cc2ccc(-c3ccc(CO)cc3)nc2)no1. The highest BCUT2D eigenvalue weighted by atomic mass is 32.2. The Morgan fingerprint density at radius 3 is 2.42 bits per heavy atom. The first-order valence-corrected chi connectivity index (χ1v) is 14.2. The number of anilines is 1. The van der Waals surface area contributed by atoms with Crippen molar-refractivity contribution in [3.8, 4) is 22.6 Å². The first-order valence-electron chi connectivity index (χ1n) is 12.5. The number of hydrogen-bond donors (Lipinski definition) is 2. The third kappa shape index (κ3) is 5.25. The van der Waals surface area contributed by atoms with Crippen molar-refractivity contribution in [3.63, 3.8) is 0 Å². The molecule has 2 aromatic heterocycles. The number of nitrogens with two attached hydrogens (primary N) is 1. The summed E-state index contributed by atoms with van der Waals surface area (Å²) in [5, 5.41) is 13.1. The molecule has 3 N–H and O–H groups in total. The second kappa shape index (κ2) is 10.2. The summed E-state index contributed by atoms with van der Waals surface area (Å²) in [5.74, 6) is -1.96. The van der Waals surface area contributed by atoms with Crippen LogP contribution in [0, 0.1) is 5.82 Å². The van der Waals surface area contributed by atoms with E-state index in [1.54, 1.807) is 30.5 Å². The number of halogens is 1. The molecule has 0 saturated carbocycles. The molecule has 1 amide bonds. The molecule has 40 heavy (non-hydrogen) atoms. The third-order valence-corrected chi connectivity index (χ3v) is 8.36. The van der Waals surface area contributed by atoms with Crippen LogP contribution in [0.25, 0.3) is 22.6 Å². The van der Waals surface area contributed by atoms with Gasteiger partial charge in [-0.05, 0) is 29.3 Å². The first-order chi connectivity index (χ1) is 18.9. The minimum absolute atomic E-state index is 0.0277. The molecule has 4 aromatic rings. The van der Waals surface area contributed by atoms with Gasteiger partial charge in [0.2, 0.25) is 17.6 Å². The minimum Gasteiger partial charge on any atom is -0.392 e. The zero-order chi connectivity index (χ0) is 28.8. The number of fused-ring (bicyclic) bond motifs is 1. The van der Waals surface area contributed by atoms with Crippen molar-refractivity contribution in [2.24, 2.45) is 5.73 Å². The third-order valence-electron chi connectivity index (χ3n) is 6.56. The van der Waals surface area contributed by atoms with Crippen molar-refractivity contribution in [2.45, 2.75) is 50.3 Å². The molecule has 3 heterocycles. The van der Waals surface area contributed by atoms with Crippen LogP contribution in [0.1, 0.15) is 37.8 Å². The van der Waals surface area contributed by atoms with Gasteiger partial charge >= 0.3 is 0 Å². The van der Waals surface area contributed by atoms with Gasteiger partial charge < -0.3 is 20.3 Å². The Hall–Kier alpha value is -4.00. The van der Waals surface area contributed by atoms with Crippen LogP contribution in [-0.4, -0.2) is 46.4 Å². The van der Waals surface area contributed by atoms with E-state index in [0.717, 1.165) is 17.2 Å². The molecule has 1 aliphatic heterocycles. The summed E-state index contributed by atoms with van der Waals surface area (Å²) in [6.45, 7) is 5.45. The highest BCUT2D eigenvalue weighted by Gasteiger charge is 2.37. The lowest BCUT2D eigenvalue weighted by Crippen LogP contribution is -2.45. The van der Waals surface area contributed by atoms with E-state index in [1.807, 2.05) is 32.9 Å². The zero-order valence-corrected chi connectivity index (χ0v) is 22.9. The van der Waals surface area contributed by atoms with Gasteiger partial charge in [0.1, 0.15) is 5.82 Å². The van der Waals surface area contributed by atoms with Crippen LogP contribution in [0.15, 0.2) is 64.1 Å². The number of carbonyl (C=O) groups excluding carboxylic acids is 1. The summed E-state index contributed by atoms with van der Waals surface area (Å²) in [7, 11) is -4.10. The van der Waals surface area contributed by atoms with E-state index >= 15 is 4.39 Å². The van der Waals surface area contributed by atoms with Crippen LogP contribution >= 0.6 is 0 Å². The Bertz CT molecular complexity index is 1680. The molecule has 0 fully saturated rings.